The van der Waals surface area contributed by atoms with E-state index in [1.807, 2.05) is 11.3 Å². The zero-order valence-electron chi connectivity index (χ0n) is 9.57. The summed E-state index contributed by atoms with van der Waals surface area (Å²) in [6.07, 6.45) is 1.13. The van der Waals surface area contributed by atoms with Crippen LogP contribution in [0, 0.1) is 6.92 Å². The Kier molecular flexibility index (Phi) is 4.14. The number of benzene rings is 1. The van der Waals surface area contributed by atoms with Crippen LogP contribution in [0.25, 0.3) is 0 Å². The molecular formula is C14H17NS. The summed E-state index contributed by atoms with van der Waals surface area (Å²) in [5.74, 6) is 0. The fourth-order valence-corrected chi connectivity index (χ4v) is 2.43. The summed E-state index contributed by atoms with van der Waals surface area (Å²) in [4.78, 5) is 1.46. The van der Waals surface area contributed by atoms with Crippen molar-refractivity contribution in [1.82, 2.24) is 5.32 Å². The van der Waals surface area contributed by atoms with Crippen LogP contribution in [0.4, 0.5) is 0 Å². The summed E-state index contributed by atoms with van der Waals surface area (Å²) in [5.41, 5.74) is 2.70. The molecule has 0 aliphatic carbocycles. The second-order valence-corrected chi connectivity index (χ2v) is 5.03. The van der Waals surface area contributed by atoms with Gasteiger partial charge in [0.05, 0.1) is 0 Å². The minimum Gasteiger partial charge on any atom is -0.312 e. The van der Waals surface area contributed by atoms with Gasteiger partial charge in [0, 0.05) is 18.0 Å². The highest BCUT2D eigenvalue weighted by Crippen LogP contribution is 2.08. The fraction of sp³-hybridized carbons (Fsp3) is 0.286. The zero-order chi connectivity index (χ0) is 11.2. The molecule has 2 heteroatoms. The molecule has 0 unspecified atom stereocenters. The van der Waals surface area contributed by atoms with E-state index in [1.54, 1.807) is 0 Å². The van der Waals surface area contributed by atoms with Crippen LogP contribution in [-0.4, -0.2) is 6.54 Å². The molecule has 0 amide bonds. The third-order valence-electron chi connectivity index (χ3n) is 2.54. The third-order valence-corrected chi connectivity index (χ3v) is 3.48. The number of hydrogen-bond donors (Lipinski definition) is 1. The summed E-state index contributed by atoms with van der Waals surface area (Å²) in [7, 11) is 0. The van der Waals surface area contributed by atoms with Crippen LogP contribution in [0.15, 0.2) is 41.8 Å². The average molecular weight is 231 g/mol. The van der Waals surface area contributed by atoms with E-state index in [1.165, 1.54) is 16.0 Å². The Labute approximate surface area is 101 Å². The van der Waals surface area contributed by atoms with E-state index in [9.17, 15) is 0 Å². The summed E-state index contributed by atoms with van der Waals surface area (Å²) in [6.45, 7) is 4.15. The normalized spacial score (nSPS) is 10.6. The van der Waals surface area contributed by atoms with Gasteiger partial charge >= 0.3 is 0 Å². The number of hydrogen-bond acceptors (Lipinski definition) is 2. The first-order valence-corrected chi connectivity index (χ1v) is 6.51. The van der Waals surface area contributed by atoms with Crippen LogP contribution < -0.4 is 5.32 Å². The quantitative estimate of drug-likeness (QED) is 0.778. The maximum Gasteiger partial charge on any atom is 0.0205 e. The van der Waals surface area contributed by atoms with Gasteiger partial charge in [0.1, 0.15) is 0 Å². The summed E-state index contributed by atoms with van der Waals surface area (Å²) in [5, 5.41) is 5.61. The van der Waals surface area contributed by atoms with Gasteiger partial charge in [-0.2, -0.15) is 0 Å². The minimum atomic E-state index is 0.965. The standard InChI is InChI=1S/C14H17NS/c1-12-4-2-5-13(10-12)11-15-8-7-14-6-3-9-16-14/h2-6,9-10,15H,7-8,11H2,1H3. The maximum atomic E-state index is 3.47. The molecular weight excluding hydrogens is 214 g/mol. The molecule has 0 saturated carbocycles. The van der Waals surface area contributed by atoms with Crippen molar-refractivity contribution < 1.29 is 0 Å². The fourth-order valence-electron chi connectivity index (χ4n) is 1.72. The van der Waals surface area contributed by atoms with Crippen molar-refractivity contribution in [3.8, 4) is 0 Å². The van der Waals surface area contributed by atoms with Crippen molar-refractivity contribution in [3.05, 3.63) is 57.8 Å². The van der Waals surface area contributed by atoms with Gasteiger partial charge in [0.25, 0.3) is 0 Å². The highest BCUT2D eigenvalue weighted by molar-refractivity contribution is 7.09. The van der Waals surface area contributed by atoms with Crippen molar-refractivity contribution >= 4 is 11.3 Å². The van der Waals surface area contributed by atoms with E-state index >= 15 is 0 Å². The van der Waals surface area contributed by atoms with Crippen LogP contribution in [0.3, 0.4) is 0 Å². The lowest BCUT2D eigenvalue weighted by atomic mass is 10.1. The second kappa shape index (κ2) is 5.83. The molecule has 16 heavy (non-hydrogen) atoms. The summed E-state index contributed by atoms with van der Waals surface area (Å²) < 4.78 is 0. The van der Waals surface area contributed by atoms with Crippen LogP contribution in [0.2, 0.25) is 0 Å². The Morgan fingerprint density at radius 1 is 1.19 bits per heavy atom. The number of thiophene rings is 1. The highest BCUT2D eigenvalue weighted by Gasteiger charge is 1.95. The average Bonchev–Trinajstić information content (AvgIpc) is 2.77. The van der Waals surface area contributed by atoms with Crippen molar-refractivity contribution in [2.75, 3.05) is 6.54 Å². The van der Waals surface area contributed by atoms with E-state index in [4.69, 9.17) is 0 Å². The van der Waals surface area contributed by atoms with Crippen LogP contribution >= 0.6 is 11.3 Å². The maximum absolute atomic E-state index is 3.47. The first-order valence-electron chi connectivity index (χ1n) is 5.63. The lowest BCUT2D eigenvalue weighted by Gasteiger charge is -2.04. The molecule has 1 aromatic carbocycles. The minimum absolute atomic E-state index is 0.965. The Hall–Kier alpha value is -1.12. The Balaban J connectivity index is 1.72. The van der Waals surface area contributed by atoms with Gasteiger partial charge in [-0.1, -0.05) is 35.9 Å². The van der Waals surface area contributed by atoms with Crippen molar-refractivity contribution in [2.45, 2.75) is 19.9 Å². The molecule has 2 aromatic rings. The van der Waals surface area contributed by atoms with Gasteiger partial charge in [0.2, 0.25) is 0 Å². The lowest BCUT2D eigenvalue weighted by molar-refractivity contribution is 0.690. The summed E-state index contributed by atoms with van der Waals surface area (Å²) in [6, 6.07) is 13.0. The molecule has 1 aromatic heterocycles. The number of aryl methyl sites for hydroxylation is 1. The van der Waals surface area contributed by atoms with E-state index in [0.717, 1.165) is 19.5 Å². The molecule has 1 heterocycles. The van der Waals surface area contributed by atoms with Gasteiger partial charge in [0.15, 0.2) is 0 Å². The topological polar surface area (TPSA) is 12.0 Å². The first-order chi connectivity index (χ1) is 7.84. The van der Waals surface area contributed by atoms with Crippen LogP contribution in [-0.2, 0) is 13.0 Å². The number of rotatable bonds is 5. The largest absolute Gasteiger partial charge is 0.312 e. The Morgan fingerprint density at radius 2 is 2.12 bits per heavy atom. The van der Waals surface area contributed by atoms with Gasteiger partial charge < -0.3 is 5.32 Å². The van der Waals surface area contributed by atoms with Crippen LogP contribution in [0.1, 0.15) is 16.0 Å². The molecule has 84 valence electrons. The van der Waals surface area contributed by atoms with Crippen LogP contribution in [0.5, 0.6) is 0 Å². The van der Waals surface area contributed by atoms with Crippen molar-refractivity contribution in [2.24, 2.45) is 0 Å². The summed E-state index contributed by atoms with van der Waals surface area (Å²) >= 11 is 1.83. The molecule has 0 aliphatic heterocycles. The van der Waals surface area contributed by atoms with E-state index < -0.39 is 0 Å². The van der Waals surface area contributed by atoms with Gasteiger partial charge in [-0.05, 0) is 30.4 Å². The van der Waals surface area contributed by atoms with E-state index in [0.29, 0.717) is 0 Å². The Bertz CT molecular complexity index is 420. The van der Waals surface area contributed by atoms with E-state index in [-0.39, 0.29) is 0 Å². The molecule has 0 bridgehead atoms. The third kappa shape index (κ3) is 3.47. The predicted octanol–water partition coefficient (Wildman–Crippen LogP) is 3.39. The van der Waals surface area contributed by atoms with Crippen molar-refractivity contribution in [3.63, 3.8) is 0 Å². The molecule has 0 atom stereocenters. The molecule has 1 N–H and O–H groups in total. The first kappa shape index (κ1) is 11.4. The molecule has 0 aliphatic rings. The lowest BCUT2D eigenvalue weighted by Crippen LogP contribution is -2.16. The molecule has 0 spiro atoms. The molecule has 0 fully saturated rings. The predicted molar refractivity (Wildman–Crippen MR) is 70.9 cm³/mol. The van der Waals surface area contributed by atoms with Gasteiger partial charge in [-0.25, -0.2) is 0 Å². The molecule has 1 nitrogen and oxygen atoms in total. The van der Waals surface area contributed by atoms with Gasteiger partial charge in [-0.15, -0.1) is 11.3 Å². The zero-order valence-corrected chi connectivity index (χ0v) is 10.4. The van der Waals surface area contributed by atoms with E-state index in [2.05, 4.69) is 54.0 Å². The van der Waals surface area contributed by atoms with Crippen molar-refractivity contribution in [1.29, 1.82) is 0 Å². The SMILES string of the molecule is Cc1cccc(CNCCc2cccs2)c1. The highest BCUT2D eigenvalue weighted by atomic mass is 32.1. The molecule has 0 radical (unpaired) electrons. The molecule has 0 saturated heterocycles. The second-order valence-electron chi connectivity index (χ2n) is 4.00. The Morgan fingerprint density at radius 3 is 2.88 bits per heavy atom. The monoisotopic (exact) mass is 231 g/mol. The van der Waals surface area contributed by atoms with Gasteiger partial charge in [-0.3, -0.25) is 0 Å². The molecule has 2 rings (SSSR count). The smallest absolute Gasteiger partial charge is 0.0205 e. The number of nitrogens with one attached hydrogen (secondary N) is 1.